The molecule has 3 saturated heterocycles. The Hall–Kier alpha value is -2.27. The van der Waals surface area contributed by atoms with E-state index in [1.165, 1.54) is 25.9 Å². The van der Waals surface area contributed by atoms with Crippen LogP contribution in [0, 0.1) is 5.92 Å². The minimum absolute atomic E-state index is 0.0213. The number of amides is 1. The van der Waals surface area contributed by atoms with Gasteiger partial charge in [0.05, 0.1) is 16.9 Å². The summed E-state index contributed by atoms with van der Waals surface area (Å²) in [5.74, 6) is 1.27. The van der Waals surface area contributed by atoms with Gasteiger partial charge in [-0.1, -0.05) is 6.07 Å². The van der Waals surface area contributed by atoms with E-state index in [1.54, 1.807) is 0 Å². The Morgan fingerprint density at radius 2 is 2.00 bits per heavy atom. The SMILES string of the molecule is CC1(C)Oc2c(C(=O)NC3CN4CCC3CC4)cccc2-n2cccc21. The highest BCUT2D eigenvalue weighted by atomic mass is 16.5. The number of nitrogens with one attached hydrogen (secondary N) is 1. The molecular formula is C21H25N3O2. The summed E-state index contributed by atoms with van der Waals surface area (Å²) in [4.78, 5) is 15.6. The van der Waals surface area contributed by atoms with Crippen molar-refractivity contribution in [3.8, 4) is 11.4 Å². The molecule has 1 aromatic carbocycles. The van der Waals surface area contributed by atoms with Crippen molar-refractivity contribution in [3.63, 3.8) is 0 Å². The van der Waals surface area contributed by atoms with E-state index in [9.17, 15) is 4.79 Å². The Morgan fingerprint density at radius 3 is 2.73 bits per heavy atom. The first-order chi connectivity index (χ1) is 12.5. The molecule has 5 heterocycles. The number of carbonyl (C=O) groups is 1. The second kappa shape index (κ2) is 5.61. The minimum Gasteiger partial charge on any atom is -0.479 e. The molecule has 6 rings (SSSR count). The van der Waals surface area contributed by atoms with E-state index >= 15 is 0 Å². The van der Waals surface area contributed by atoms with Crippen LogP contribution in [-0.4, -0.2) is 41.1 Å². The Balaban J connectivity index is 1.48. The molecule has 0 radical (unpaired) electrons. The number of rotatable bonds is 2. The van der Waals surface area contributed by atoms with E-state index in [1.807, 2.05) is 44.3 Å². The lowest BCUT2D eigenvalue weighted by Gasteiger charge is -2.45. The van der Waals surface area contributed by atoms with Gasteiger partial charge in [-0.2, -0.15) is 0 Å². The molecule has 1 aromatic heterocycles. The molecule has 4 aliphatic heterocycles. The number of nitrogens with zero attached hydrogens (tertiary/aromatic N) is 2. The summed E-state index contributed by atoms with van der Waals surface area (Å²) in [5.41, 5.74) is 2.19. The van der Waals surface area contributed by atoms with Gasteiger partial charge in [0.15, 0.2) is 5.75 Å². The van der Waals surface area contributed by atoms with Crippen LogP contribution in [-0.2, 0) is 5.60 Å². The van der Waals surface area contributed by atoms with Gasteiger partial charge < -0.3 is 19.5 Å². The van der Waals surface area contributed by atoms with Crippen molar-refractivity contribution >= 4 is 5.91 Å². The first-order valence-corrected chi connectivity index (χ1v) is 9.56. The van der Waals surface area contributed by atoms with Gasteiger partial charge in [0.25, 0.3) is 5.91 Å². The average molecular weight is 351 g/mol. The quantitative estimate of drug-likeness (QED) is 0.905. The second-order valence-electron chi connectivity index (χ2n) is 8.25. The number of aromatic nitrogens is 1. The fraction of sp³-hybridized carbons (Fsp3) is 0.476. The van der Waals surface area contributed by atoms with Crippen LogP contribution >= 0.6 is 0 Å². The monoisotopic (exact) mass is 351 g/mol. The van der Waals surface area contributed by atoms with Crippen molar-refractivity contribution in [1.29, 1.82) is 0 Å². The largest absolute Gasteiger partial charge is 0.479 e. The molecule has 1 unspecified atom stereocenters. The van der Waals surface area contributed by atoms with Gasteiger partial charge in [-0.25, -0.2) is 0 Å². The summed E-state index contributed by atoms with van der Waals surface area (Å²) in [5, 5.41) is 3.29. The first kappa shape index (κ1) is 15.9. The third-order valence-electron chi connectivity index (χ3n) is 6.19. The summed E-state index contributed by atoms with van der Waals surface area (Å²) in [6.45, 7) is 7.41. The standard InChI is InChI=1S/C21H25N3O2/c1-21(2)18-7-4-10-24(18)17-6-3-5-15(19(17)26-21)20(25)22-16-13-23-11-8-14(16)9-12-23/h3-7,10,14,16H,8-9,11-13H2,1-2H3,(H,22,25). The van der Waals surface area contributed by atoms with Crippen molar-refractivity contribution in [2.75, 3.05) is 19.6 Å². The van der Waals surface area contributed by atoms with E-state index in [4.69, 9.17) is 4.74 Å². The lowest BCUT2D eigenvalue weighted by molar-refractivity contribution is 0.0606. The van der Waals surface area contributed by atoms with Gasteiger partial charge in [0, 0.05) is 18.8 Å². The zero-order valence-corrected chi connectivity index (χ0v) is 15.4. The predicted octanol–water partition coefficient (Wildman–Crippen LogP) is 2.93. The number of carbonyl (C=O) groups excluding carboxylic acids is 1. The molecule has 1 amide bonds. The van der Waals surface area contributed by atoms with Crippen molar-refractivity contribution < 1.29 is 9.53 Å². The number of fused-ring (bicyclic) bond motifs is 6. The number of para-hydroxylation sites is 1. The number of hydrogen-bond acceptors (Lipinski definition) is 3. The van der Waals surface area contributed by atoms with Crippen LogP contribution in [0.5, 0.6) is 5.75 Å². The summed E-state index contributed by atoms with van der Waals surface area (Å²) >= 11 is 0. The van der Waals surface area contributed by atoms with Crippen molar-refractivity contribution in [2.45, 2.75) is 38.3 Å². The topological polar surface area (TPSA) is 46.5 Å². The molecule has 0 saturated carbocycles. The van der Waals surface area contributed by atoms with Crippen LogP contribution in [0.2, 0.25) is 0 Å². The zero-order valence-electron chi connectivity index (χ0n) is 15.4. The van der Waals surface area contributed by atoms with Crippen molar-refractivity contribution in [2.24, 2.45) is 5.92 Å². The summed E-state index contributed by atoms with van der Waals surface area (Å²) < 4.78 is 8.44. The number of benzene rings is 1. The van der Waals surface area contributed by atoms with Gasteiger partial charge in [-0.3, -0.25) is 4.79 Å². The average Bonchev–Trinajstić information content (AvgIpc) is 3.13. The summed E-state index contributed by atoms with van der Waals surface area (Å²) in [6, 6.07) is 10.2. The number of piperidine rings is 3. The molecule has 4 aliphatic rings. The molecule has 26 heavy (non-hydrogen) atoms. The van der Waals surface area contributed by atoms with Crippen LogP contribution in [0.3, 0.4) is 0 Å². The lowest BCUT2D eigenvalue weighted by Crippen LogP contribution is -2.57. The van der Waals surface area contributed by atoms with Crippen molar-refractivity contribution in [1.82, 2.24) is 14.8 Å². The van der Waals surface area contributed by atoms with Crippen molar-refractivity contribution in [3.05, 3.63) is 47.8 Å². The van der Waals surface area contributed by atoms with Gasteiger partial charge in [0.1, 0.15) is 5.60 Å². The molecule has 5 heteroatoms. The van der Waals surface area contributed by atoms with E-state index in [2.05, 4.69) is 20.9 Å². The molecule has 5 nitrogen and oxygen atoms in total. The smallest absolute Gasteiger partial charge is 0.255 e. The van der Waals surface area contributed by atoms with E-state index in [-0.39, 0.29) is 11.9 Å². The van der Waals surface area contributed by atoms with Crippen LogP contribution in [0.15, 0.2) is 36.5 Å². The molecule has 0 aliphatic carbocycles. The van der Waals surface area contributed by atoms with E-state index < -0.39 is 5.60 Å². The molecule has 1 N–H and O–H groups in total. The fourth-order valence-corrected chi connectivity index (χ4v) is 4.76. The number of hydrogen-bond donors (Lipinski definition) is 1. The van der Waals surface area contributed by atoms with Crippen LogP contribution < -0.4 is 10.1 Å². The highest BCUT2D eigenvalue weighted by Gasteiger charge is 2.37. The van der Waals surface area contributed by atoms with E-state index in [0.29, 0.717) is 17.2 Å². The Labute approximate surface area is 153 Å². The maximum Gasteiger partial charge on any atom is 0.255 e. The summed E-state index contributed by atoms with van der Waals surface area (Å²) in [7, 11) is 0. The van der Waals surface area contributed by atoms with Crippen LogP contribution in [0.25, 0.3) is 5.69 Å². The normalized spacial score (nSPS) is 28.0. The van der Waals surface area contributed by atoms with Gasteiger partial charge in [-0.05, 0) is 70.0 Å². The summed E-state index contributed by atoms with van der Waals surface area (Å²) in [6.07, 6.45) is 4.41. The van der Waals surface area contributed by atoms with Gasteiger partial charge in [-0.15, -0.1) is 0 Å². The maximum atomic E-state index is 13.1. The highest BCUT2D eigenvalue weighted by Crippen LogP contribution is 2.41. The third-order valence-corrected chi connectivity index (χ3v) is 6.19. The zero-order chi connectivity index (χ0) is 17.9. The Kier molecular flexibility index (Phi) is 3.44. The Bertz CT molecular complexity index is 862. The molecule has 2 bridgehead atoms. The fourth-order valence-electron chi connectivity index (χ4n) is 4.76. The van der Waals surface area contributed by atoms with Crippen LogP contribution in [0.1, 0.15) is 42.7 Å². The minimum atomic E-state index is -0.470. The molecule has 2 aromatic rings. The predicted molar refractivity (Wildman–Crippen MR) is 99.8 cm³/mol. The Morgan fingerprint density at radius 1 is 1.19 bits per heavy atom. The van der Waals surface area contributed by atoms with E-state index in [0.717, 1.165) is 17.9 Å². The number of ether oxygens (including phenoxy) is 1. The molecular weight excluding hydrogens is 326 g/mol. The van der Waals surface area contributed by atoms with Gasteiger partial charge in [0.2, 0.25) is 0 Å². The molecule has 0 spiro atoms. The second-order valence-corrected chi connectivity index (χ2v) is 8.25. The van der Waals surface area contributed by atoms with Gasteiger partial charge >= 0.3 is 0 Å². The molecule has 3 fully saturated rings. The molecule has 1 atom stereocenters. The first-order valence-electron chi connectivity index (χ1n) is 9.56. The third kappa shape index (κ3) is 2.37. The maximum absolute atomic E-state index is 13.1. The highest BCUT2D eigenvalue weighted by molar-refractivity contribution is 5.98. The molecule has 136 valence electrons. The van der Waals surface area contributed by atoms with Crippen LogP contribution in [0.4, 0.5) is 0 Å². The lowest BCUT2D eigenvalue weighted by atomic mass is 9.84.